The Balaban J connectivity index is 3.42. The van der Waals surface area contributed by atoms with Crippen LogP contribution in [0.5, 0.6) is 0 Å². The minimum atomic E-state index is 0.497. The first-order valence-corrected chi connectivity index (χ1v) is 4.32. The molecular weight excluding hydrogens is 136 g/mol. The summed E-state index contributed by atoms with van der Waals surface area (Å²) in [7, 11) is 0. The van der Waals surface area contributed by atoms with Gasteiger partial charge in [-0.3, -0.25) is 0 Å². The van der Waals surface area contributed by atoms with Gasteiger partial charge in [-0.05, 0) is 19.4 Å². The Hall–Kier alpha value is -0.720. The summed E-state index contributed by atoms with van der Waals surface area (Å²) in [5.41, 5.74) is 0. The first-order chi connectivity index (χ1) is 5.31. The lowest BCUT2D eigenvalue weighted by Gasteiger charge is -1.96. The van der Waals surface area contributed by atoms with Gasteiger partial charge >= 0.3 is 0 Å². The SMILES string of the molecule is CC=CC=C(O)CCCCC. The van der Waals surface area contributed by atoms with Gasteiger partial charge in [0.1, 0.15) is 0 Å². The molecule has 0 aliphatic carbocycles. The van der Waals surface area contributed by atoms with E-state index in [1.54, 1.807) is 6.08 Å². The van der Waals surface area contributed by atoms with E-state index >= 15 is 0 Å². The molecule has 0 amide bonds. The molecule has 11 heavy (non-hydrogen) atoms. The summed E-state index contributed by atoms with van der Waals surface area (Å²) < 4.78 is 0. The molecule has 0 aliphatic rings. The fraction of sp³-hybridized carbons (Fsp3) is 0.600. The van der Waals surface area contributed by atoms with Gasteiger partial charge in [0.05, 0.1) is 5.76 Å². The highest BCUT2D eigenvalue weighted by molar-refractivity contribution is 5.05. The fourth-order valence-corrected chi connectivity index (χ4v) is 0.847. The van der Waals surface area contributed by atoms with Crippen LogP contribution in [0.2, 0.25) is 0 Å². The Kier molecular flexibility index (Phi) is 6.90. The lowest BCUT2D eigenvalue weighted by Crippen LogP contribution is -1.80. The van der Waals surface area contributed by atoms with E-state index in [0.29, 0.717) is 5.76 Å². The maximum absolute atomic E-state index is 9.22. The molecule has 0 spiro atoms. The molecule has 0 saturated heterocycles. The number of aliphatic hydroxyl groups is 1. The summed E-state index contributed by atoms with van der Waals surface area (Å²) in [6.07, 6.45) is 9.85. The number of allylic oxidation sites excluding steroid dienone is 4. The molecule has 0 aliphatic heterocycles. The number of rotatable bonds is 5. The molecule has 0 aromatic rings. The number of unbranched alkanes of at least 4 members (excludes halogenated alkanes) is 2. The molecule has 0 rings (SSSR count). The highest BCUT2D eigenvalue weighted by atomic mass is 16.3. The summed E-state index contributed by atoms with van der Waals surface area (Å²) in [5, 5.41) is 9.22. The highest BCUT2D eigenvalue weighted by Crippen LogP contribution is 2.05. The Morgan fingerprint density at radius 2 is 2.09 bits per heavy atom. The van der Waals surface area contributed by atoms with Crippen LogP contribution in [0, 0.1) is 0 Å². The predicted octanol–water partition coefficient (Wildman–Crippen LogP) is 3.58. The van der Waals surface area contributed by atoms with Crippen molar-refractivity contribution >= 4 is 0 Å². The molecule has 0 bridgehead atoms. The molecule has 0 aromatic heterocycles. The molecule has 0 radical (unpaired) electrons. The third-order valence-electron chi connectivity index (χ3n) is 1.52. The predicted molar refractivity (Wildman–Crippen MR) is 49.7 cm³/mol. The third-order valence-corrected chi connectivity index (χ3v) is 1.52. The largest absolute Gasteiger partial charge is 0.512 e. The van der Waals surface area contributed by atoms with Crippen molar-refractivity contribution in [1.29, 1.82) is 0 Å². The first kappa shape index (κ1) is 10.3. The second-order valence-corrected chi connectivity index (χ2v) is 2.64. The van der Waals surface area contributed by atoms with Gasteiger partial charge in [-0.25, -0.2) is 0 Å². The fourth-order valence-electron chi connectivity index (χ4n) is 0.847. The molecule has 0 unspecified atom stereocenters. The summed E-state index contributed by atoms with van der Waals surface area (Å²) in [5.74, 6) is 0.497. The normalized spacial score (nSPS) is 12.7. The molecule has 1 nitrogen and oxygen atoms in total. The number of aliphatic hydroxyl groups excluding tert-OH is 1. The summed E-state index contributed by atoms with van der Waals surface area (Å²) in [4.78, 5) is 0. The third kappa shape index (κ3) is 7.17. The van der Waals surface area contributed by atoms with E-state index in [-0.39, 0.29) is 0 Å². The van der Waals surface area contributed by atoms with Gasteiger partial charge in [0.25, 0.3) is 0 Å². The molecule has 0 saturated carbocycles. The zero-order valence-electron chi connectivity index (χ0n) is 7.51. The topological polar surface area (TPSA) is 20.2 Å². The van der Waals surface area contributed by atoms with E-state index in [2.05, 4.69) is 6.92 Å². The quantitative estimate of drug-likeness (QED) is 0.364. The van der Waals surface area contributed by atoms with E-state index < -0.39 is 0 Å². The van der Waals surface area contributed by atoms with E-state index in [9.17, 15) is 5.11 Å². The zero-order chi connectivity index (χ0) is 8.53. The van der Waals surface area contributed by atoms with Crippen molar-refractivity contribution in [2.24, 2.45) is 0 Å². The average molecular weight is 154 g/mol. The monoisotopic (exact) mass is 154 g/mol. The van der Waals surface area contributed by atoms with Gasteiger partial charge in [-0.1, -0.05) is 31.9 Å². The maximum atomic E-state index is 9.22. The van der Waals surface area contributed by atoms with Crippen molar-refractivity contribution in [2.75, 3.05) is 0 Å². The van der Waals surface area contributed by atoms with Crippen LogP contribution < -0.4 is 0 Å². The average Bonchev–Trinajstić information content (AvgIpc) is 2.01. The summed E-state index contributed by atoms with van der Waals surface area (Å²) in [6, 6.07) is 0. The highest BCUT2D eigenvalue weighted by Gasteiger charge is 1.90. The Labute approximate surface area is 69.4 Å². The van der Waals surface area contributed by atoms with Crippen LogP contribution in [0.3, 0.4) is 0 Å². The van der Waals surface area contributed by atoms with Gasteiger partial charge in [0.15, 0.2) is 0 Å². The molecule has 1 heteroatoms. The number of hydrogen-bond donors (Lipinski definition) is 1. The molecule has 0 atom stereocenters. The van der Waals surface area contributed by atoms with Crippen LogP contribution in [0.25, 0.3) is 0 Å². The van der Waals surface area contributed by atoms with Gasteiger partial charge in [0, 0.05) is 6.42 Å². The van der Waals surface area contributed by atoms with Gasteiger partial charge in [-0.2, -0.15) is 0 Å². The van der Waals surface area contributed by atoms with Crippen molar-refractivity contribution in [3.63, 3.8) is 0 Å². The van der Waals surface area contributed by atoms with E-state index in [1.807, 2.05) is 19.1 Å². The Morgan fingerprint density at radius 1 is 1.36 bits per heavy atom. The molecular formula is C10H18O. The van der Waals surface area contributed by atoms with Crippen LogP contribution in [-0.4, -0.2) is 5.11 Å². The molecule has 64 valence electrons. The van der Waals surface area contributed by atoms with E-state index in [0.717, 1.165) is 12.8 Å². The summed E-state index contributed by atoms with van der Waals surface area (Å²) >= 11 is 0. The van der Waals surface area contributed by atoms with E-state index in [1.165, 1.54) is 12.8 Å². The van der Waals surface area contributed by atoms with Gasteiger partial charge in [0.2, 0.25) is 0 Å². The second kappa shape index (κ2) is 7.39. The Morgan fingerprint density at radius 3 is 2.64 bits per heavy atom. The van der Waals surface area contributed by atoms with Crippen molar-refractivity contribution in [3.8, 4) is 0 Å². The molecule has 0 fully saturated rings. The molecule has 1 N–H and O–H groups in total. The molecule has 0 aromatic carbocycles. The standard InChI is InChI=1S/C10H18O/c1-3-5-7-9-10(11)8-6-4-2/h4,6,8,11H,3,5,7,9H2,1-2H3. The van der Waals surface area contributed by atoms with Gasteiger partial charge in [-0.15, -0.1) is 0 Å². The molecule has 0 heterocycles. The van der Waals surface area contributed by atoms with E-state index in [4.69, 9.17) is 0 Å². The zero-order valence-corrected chi connectivity index (χ0v) is 7.51. The van der Waals surface area contributed by atoms with Crippen molar-refractivity contribution < 1.29 is 5.11 Å². The maximum Gasteiger partial charge on any atom is 0.0922 e. The first-order valence-electron chi connectivity index (χ1n) is 4.32. The van der Waals surface area contributed by atoms with Crippen LogP contribution >= 0.6 is 0 Å². The second-order valence-electron chi connectivity index (χ2n) is 2.64. The Bertz CT molecular complexity index is 134. The minimum Gasteiger partial charge on any atom is -0.512 e. The lowest BCUT2D eigenvalue weighted by molar-refractivity contribution is 0.381. The van der Waals surface area contributed by atoms with Gasteiger partial charge < -0.3 is 5.11 Å². The minimum absolute atomic E-state index is 0.497. The van der Waals surface area contributed by atoms with Crippen molar-refractivity contribution in [1.82, 2.24) is 0 Å². The van der Waals surface area contributed by atoms with Crippen LogP contribution in [-0.2, 0) is 0 Å². The van der Waals surface area contributed by atoms with Crippen molar-refractivity contribution in [2.45, 2.75) is 39.5 Å². The lowest BCUT2D eigenvalue weighted by atomic mass is 10.2. The van der Waals surface area contributed by atoms with Crippen molar-refractivity contribution in [3.05, 3.63) is 24.0 Å². The van der Waals surface area contributed by atoms with Crippen LogP contribution in [0.1, 0.15) is 39.5 Å². The van der Waals surface area contributed by atoms with Crippen LogP contribution in [0.15, 0.2) is 24.0 Å². The summed E-state index contributed by atoms with van der Waals surface area (Å²) in [6.45, 7) is 4.10. The van der Waals surface area contributed by atoms with Crippen LogP contribution in [0.4, 0.5) is 0 Å². The number of hydrogen-bond acceptors (Lipinski definition) is 1. The smallest absolute Gasteiger partial charge is 0.0922 e.